The smallest absolute Gasteiger partial charge is 0.152 e. The summed E-state index contributed by atoms with van der Waals surface area (Å²) >= 11 is 0. The van der Waals surface area contributed by atoms with E-state index in [0.717, 1.165) is 16.9 Å². The molecule has 0 aliphatic rings. The van der Waals surface area contributed by atoms with Gasteiger partial charge in [-0.2, -0.15) is 0 Å². The second-order valence-electron chi connectivity index (χ2n) is 4.00. The Morgan fingerprint density at radius 1 is 0.722 bits per heavy atom. The number of hydrogen-bond acceptors (Lipinski definition) is 3. The standard InChI is InChI=1S/C15H13N3/c1-2-7-13(8-3-1)17-18-15-14-9-5-4-6-12(14)10-11-16-15/h1-11,17H,(H,16,18). The van der Waals surface area contributed by atoms with Crippen LogP contribution in [0.5, 0.6) is 0 Å². The van der Waals surface area contributed by atoms with Crippen molar-refractivity contribution in [3.63, 3.8) is 0 Å². The number of hydrogen-bond donors (Lipinski definition) is 2. The van der Waals surface area contributed by atoms with Gasteiger partial charge in [0.25, 0.3) is 0 Å². The molecule has 0 amide bonds. The van der Waals surface area contributed by atoms with Gasteiger partial charge in [-0.1, -0.05) is 42.5 Å². The van der Waals surface area contributed by atoms with Gasteiger partial charge in [-0.15, -0.1) is 0 Å². The molecule has 2 N–H and O–H groups in total. The second-order valence-corrected chi connectivity index (χ2v) is 4.00. The highest BCUT2D eigenvalue weighted by atomic mass is 15.4. The van der Waals surface area contributed by atoms with Crippen molar-refractivity contribution in [2.45, 2.75) is 0 Å². The zero-order chi connectivity index (χ0) is 12.2. The molecule has 3 nitrogen and oxygen atoms in total. The summed E-state index contributed by atoms with van der Waals surface area (Å²) in [4.78, 5) is 4.35. The van der Waals surface area contributed by atoms with Gasteiger partial charge in [0.15, 0.2) is 5.82 Å². The minimum Gasteiger partial charge on any atom is -0.300 e. The molecular weight excluding hydrogens is 222 g/mol. The highest BCUT2D eigenvalue weighted by molar-refractivity contribution is 5.91. The van der Waals surface area contributed by atoms with E-state index >= 15 is 0 Å². The number of anilines is 2. The third kappa shape index (κ3) is 2.11. The molecule has 0 fully saturated rings. The lowest BCUT2D eigenvalue weighted by atomic mass is 10.2. The van der Waals surface area contributed by atoms with Gasteiger partial charge in [0.1, 0.15) is 0 Å². The van der Waals surface area contributed by atoms with E-state index in [0.29, 0.717) is 0 Å². The Kier molecular flexibility index (Phi) is 2.80. The first-order valence-corrected chi connectivity index (χ1v) is 5.84. The van der Waals surface area contributed by atoms with Crippen molar-refractivity contribution in [1.29, 1.82) is 0 Å². The summed E-state index contributed by atoms with van der Waals surface area (Å²) in [5.41, 5.74) is 7.29. The fraction of sp³-hybridized carbons (Fsp3) is 0. The average Bonchev–Trinajstić information content (AvgIpc) is 2.46. The minimum absolute atomic E-state index is 0.831. The summed E-state index contributed by atoms with van der Waals surface area (Å²) < 4.78 is 0. The monoisotopic (exact) mass is 235 g/mol. The van der Waals surface area contributed by atoms with E-state index in [1.54, 1.807) is 6.20 Å². The molecule has 0 saturated heterocycles. The first kappa shape index (κ1) is 10.6. The molecule has 18 heavy (non-hydrogen) atoms. The molecule has 0 spiro atoms. The quantitative estimate of drug-likeness (QED) is 0.680. The number of benzene rings is 2. The average molecular weight is 235 g/mol. The molecule has 1 aromatic heterocycles. The minimum atomic E-state index is 0.831. The Morgan fingerprint density at radius 2 is 1.50 bits per heavy atom. The summed E-state index contributed by atoms with van der Waals surface area (Å²) in [6, 6.07) is 20.1. The fourth-order valence-electron chi connectivity index (χ4n) is 1.87. The van der Waals surface area contributed by atoms with Gasteiger partial charge >= 0.3 is 0 Å². The van der Waals surface area contributed by atoms with Crippen LogP contribution in [0.1, 0.15) is 0 Å². The molecule has 0 aliphatic carbocycles. The Bertz CT molecular complexity index is 645. The molecular formula is C15H13N3. The molecule has 0 radical (unpaired) electrons. The van der Waals surface area contributed by atoms with Crippen LogP contribution < -0.4 is 10.9 Å². The topological polar surface area (TPSA) is 37.0 Å². The van der Waals surface area contributed by atoms with E-state index in [-0.39, 0.29) is 0 Å². The number of hydrazine groups is 1. The lowest BCUT2D eigenvalue weighted by molar-refractivity contribution is 1.29. The zero-order valence-corrected chi connectivity index (χ0v) is 9.80. The van der Waals surface area contributed by atoms with Crippen molar-refractivity contribution in [2.75, 3.05) is 10.9 Å². The maximum Gasteiger partial charge on any atom is 0.152 e. The van der Waals surface area contributed by atoms with Crippen molar-refractivity contribution in [3.05, 3.63) is 66.9 Å². The number of nitrogens with zero attached hydrogens (tertiary/aromatic N) is 1. The molecule has 88 valence electrons. The molecule has 3 heteroatoms. The number of pyridine rings is 1. The predicted molar refractivity (Wildman–Crippen MR) is 75.4 cm³/mol. The van der Waals surface area contributed by atoms with Crippen LogP contribution >= 0.6 is 0 Å². The number of nitrogens with one attached hydrogen (secondary N) is 2. The Hall–Kier alpha value is -2.55. The first-order valence-electron chi connectivity index (χ1n) is 5.84. The van der Waals surface area contributed by atoms with Crippen molar-refractivity contribution >= 4 is 22.3 Å². The van der Waals surface area contributed by atoms with E-state index in [9.17, 15) is 0 Å². The first-order chi connectivity index (χ1) is 8.93. The van der Waals surface area contributed by atoms with Gasteiger partial charge < -0.3 is 0 Å². The summed E-state index contributed by atoms with van der Waals surface area (Å²) in [6.07, 6.45) is 1.80. The number of fused-ring (bicyclic) bond motifs is 1. The van der Waals surface area contributed by atoms with Crippen LogP contribution in [-0.4, -0.2) is 4.98 Å². The van der Waals surface area contributed by atoms with Gasteiger partial charge in [0.2, 0.25) is 0 Å². The third-order valence-corrected chi connectivity index (χ3v) is 2.77. The zero-order valence-electron chi connectivity index (χ0n) is 9.80. The Labute approximate surface area is 105 Å². The Morgan fingerprint density at radius 3 is 2.39 bits per heavy atom. The normalized spacial score (nSPS) is 10.2. The molecule has 3 rings (SSSR count). The van der Waals surface area contributed by atoms with Crippen LogP contribution in [0.3, 0.4) is 0 Å². The summed E-state index contributed by atoms with van der Waals surface area (Å²) in [6.45, 7) is 0. The Balaban J connectivity index is 1.87. The SMILES string of the molecule is c1ccc(NNc2nccc3ccccc23)cc1. The summed E-state index contributed by atoms with van der Waals surface area (Å²) in [7, 11) is 0. The highest BCUT2D eigenvalue weighted by Gasteiger charge is 2.00. The van der Waals surface area contributed by atoms with Crippen LogP contribution in [-0.2, 0) is 0 Å². The molecule has 0 atom stereocenters. The van der Waals surface area contributed by atoms with Crippen LogP contribution in [0.2, 0.25) is 0 Å². The van der Waals surface area contributed by atoms with Gasteiger partial charge in [0.05, 0.1) is 5.69 Å². The number of rotatable bonds is 3. The van der Waals surface area contributed by atoms with E-state index in [1.165, 1.54) is 5.39 Å². The number of para-hydroxylation sites is 1. The largest absolute Gasteiger partial charge is 0.300 e. The van der Waals surface area contributed by atoms with Gasteiger partial charge in [-0.3, -0.25) is 10.9 Å². The van der Waals surface area contributed by atoms with Crippen LogP contribution in [0.25, 0.3) is 10.8 Å². The maximum absolute atomic E-state index is 4.35. The van der Waals surface area contributed by atoms with Gasteiger partial charge in [-0.05, 0) is 23.6 Å². The van der Waals surface area contributed by atoms with Crippen LogP contribution in [0.15, 0.2) is 66.9 Å². The van der Waals surface area contributed by atoms with Crippen LogP contribution in [0.4, 0.5) is 11.5 Å². The van der Waals surface area contributed by atoms with E-state index in [4.69, 9.17) is 0 Å². The molecule has 1 heterocycles. The van der Waals surface area contributed by atoms with Gasteiger partial charge in [0, 0.05) is 11.6 Å². The van der Waals surface area contributed by atoms with E-state index in [1.807, 2.05) is 48.5 Å². The maximum atomic E-state index is 4.35. The molecule has 0 unspecified atom stereocenters. The van der Waals surface area contributed by atoms with Gasteiger partial charge in [-0.25, -0.2) is 4.98 Å². The highest BCUT2D eigenvalue weighted by Crippen LogP contribution is 2.20. The van der Waals surface area contributed by atoms with Crippen molar-refractivity contribution in [3.8, 4) is 0 Å². The van der Waals surface area contributed by atoms with Crippen LogP contribution in [0, 0.1) is 0 Å². The predicted octanol–water partition coefficient (Wildman–Crippen LogP) is 3.67. The molecule has 2 aromatic carbocycles. The molecule has 3 aromatic rings. The van der Waals surface area contributed by atoms with Crippen molar-refractivity contribution in [2.24, 2.45) is 0 Å². The second kappa shape index (κ2) is 4.75. The summed E-state index contributed by atoms with van der Waals surface area (Å²) in [5.74, 6) is 0.831. The molecule has 0 bridgehead atoms. The lowest BCUT2D eigenvalue weighted by Crippen LogP contribution is -2.09. The summed E-state index contributed by atoms with van der Waals surface area (Å²) in [5, 5.41) is 2.27. The van der Waals surface area contributed by atoms with Crippen molar-refractivity contribution < 1.29 is 0 Å². The molecule has 0 saturated carbocycles. The molecule has 0 aliphatic heterocycles. The number of aromatic nitrogens is 1. The van der Waals surface area contributed by atoms with Crippen molar-refractivity contribution in [1.82, 2.24) is 4.98 Å². The van der Waals surface area contributed by atoms with E-state index in [2.05, 4.69) is 28.0 Å². The van der Waals surface area contributed by atoms with E-state index < -0.39 is 0 Å². The lowest BCUT2D eigenvalue weighted by Gasteiger charge is -2.10. The fourth-order valence-corrected chi connectivity index (χ4v) is 1.87. The third-order valence-electron chi connectivity index (χ3n) is 2.77.